The highest BCUT2D eigenvalue weighted by Gasteiger charge is 2.21. The number of aliphatic imine (C=N–C) groups is 1. The zero-order valence-electron chi connectivity index (χ0n) is 12.2. The van der Waals surface area contributed by atoms with Crippen LogP contribution in [0.25, 0.3) is 17.0 Å². The summed E-state index contributed by atoms with van der Waals surface area (Å²) < 4.78 is 6.43. The first-order chi connectivity index (χ1) is 10.7. The van der Waals surface area contributed by atoms with E-state index in [1.165, 1.54) is 23.5 Å². The maximum atomic E-state index is 11.9. The number of hydrogen-bond acceptors (Lipinski definition) is 5. The number of nitrogens with zero attached hydrogens (tertiary/aromatic N) is 2. The van der Waals surface area contributed by atoms with Gasteiger partial charge in [-0.3, -0.25) is 9.78 Å². The van der Waals surface area contributed by atoms with E-state index in [9.17, 15) is 4.79 Å². The van der Waals surface area contributed by atoms with E-state index in [1.807, 2.05) is 43.5 Å². The van der Waals surface area contributed by atoms with Crippen LogP contribution < -0.4 is 4.74 Å². The molecule has 22 heavy (non-hydrogen) atoms. The van der Waals surface area contributed by atoms with Gasteiger partial charge in [0.1, 0.15) is 10.1 Å². The maximum Gasteiger partial charge on any atom is 0.285 e. The van der Waals surface area contributed by atoms with E-state index in [2.05, 4.69) is 9.98 Å². The third kappa shape index (κ3) is 3.03. The van der Waals surface area contributed by atoms with Crippen molar-refractivity contribution in [3.63, 3.8) is 0 Å². The summed E-state index contributed by atoms with van der Waals surface area (Å²) in [5.41, 5.74) is 1.81. The monoisotopic (exact) mass is 330 g/mol. The van der Waals surface area contributed by atoms with Crippen LogP contribution in [0.1, 0.15) is 12.5 Å². The number of carbonyl (C=O) groups is 1. The van der Waals surface area contributed by atoms with Crippen LogP contribution in [0, 0.1) is 0 Å². The summed E-state index contributed by atoms with van der Waals surface area (Å²) in [5.74, 6) is 0.630. The molecule has 0 saturated heterocycles. The molecule has 112 valence electrons. The Bertz CT molecular complexity index is 800. The number of carbonyl (C=O) groups excluding carboxylic acids is 1. The van der Waals surface area contributed by atoms with Crippen molar-refractivity contribution in [2.75, 3.05) is 12.9 Å². The van der Waals surface area contributed by atoms with E-state index in [4.69, 9.17) is 4.74 Å². The van der Waals surface area contributed by atoms with Crippen molar-refractivity contribution in [1.29, 1.82) is 0 Å². The average molecular weight is 330 g/mol. The molecule has 0 fully saturated rings. The van der Waals surface area contributed by atoms with Crippen LogP contribution in [-0.2, 0) is 4.79 Å². The lowest BCUT2D eigenvalue weighted by Crippen LogP contribution is -1.93. The molecular formula is C16H14N2O2S2. The number of ether oxygens (including phenoxy) is 1. The van der Waals surface area contributed by atoms with Crippen molar-refractivity contribution in [2.24, 2.45) is 4.99 Å². The number of amides is 1. The Kier molecular flexibility index (Phi) is 4.49. The minimum absolute atomic E-state index is 0.175. The molecule has 0 unspecified atom stereocenters. The van der Waals surface area contributed by atoms with Gasteiger partial charge in [-0.05, 0) is 43.0 Å². The van der Waals surface area contributed by atoms with Gasteiger partial charge in [0.25, 0.3) is 5.91 Å². The number of pyridine rings is 1. The molecule has 0 aliphatic carbocycles. The molecule has 0 N–H and O–H groups in total. The molecule has 0 saturated carbocycles. The smallest absolute Gasteiger partial charge is 0.285 e. The molecule has 4 nitrogen and oxygen atoms in total. The SMILES string of the molecule is CCOc1ccnc2ccc(C=C3SC(SC)=NC3=O)cc12. The van der Waals surface area contributed by atoms with Gasteiger partial charge in [0.05, 0.1) is 17.0 Å². The third-order valence-electron chi connectivity index (χ3n) is 3.10. The van der Waals surface area contributed by atoms with Crippen molar-refractivity contribution in [3.05, 3.63) is 40.9 Å². The first kappa shape index (κ1) is 15.1. The van der Waals surface area contributed by atoms with Crippen molar-refractivity contribution in [2.45, 2.75) is 6.92 Å². The predicted molar refractivity (Wildman–Crippen MR) is 94.4 cm³/mol. The lowest BCUT2D eigenvalue weighted by molar-refractivity contribution is -0.113. The highest BCUT2D eigenvalue weighted by atomic mass is 32.2. The Morgan fingerprint density at radius 1 is 1.36 bits per heavy atom. The quantitative estimate of drug-likeness (QED) is 0.797. The van der Waals surface area contributed by atoms with Gasteiger partial charge in [0.15, 0.2) is 0 Å². The van der Waals surface area contributed by atoms with E-state index >= 15 is 0 Å². The van der Waals surface area contributed by atoms with E-state index in [0.717, 1.165) is 26.6 Å². The molecule has 1 amide bonds. The highest BCUT2D eigenvalue weighted by molar-refractivity contribution is 8.40. The van der Waals surface area contributed by atoms with Crippen molar-refractivity contribution >= 4 is 50.8 Å². The maximum absolute atomic E-state index is 11.9. The van der Waals surface area contributed by atoms with Gasteiger partial charge in [-0.2, -0.15) is 4.99 Å². The molecule has 0 bridgehead atoms. The molecule has 1 aromatic carbocycles. The Morgan fingerprint density at radius 3 is 2.95 bits per heavy atom. The van der Waals surface area contributed by atoms with E-state index in [1.54, 1.807) is 6.20 Å². The van der Waals surface area contributed by atoms with E-state index < -0.39 is 0 Å². The summed E-state index contributed by atoms with van der Waals surface area (Å²) in [6.07, 6.45) is 5.51. The van der Waals surface area contributed by atoms with Crippen molar-refractivity contribution in [3.8, 4) is 5.75 Å². The van der Waals surface area contributed by atoms with E-state index in [-0.39, 0.29) is 5.91 Å². The van der Waals surface area contributed by atoms with Crippen LogP contribution in [0.3, 0.4) is 0 Å². The molecule has 6 heteroatoms. The Morgan fingerprint density at radius 2 is 2.23 bits per heavy atom. The zero-order valence-corrected chi connectivity index (χ0v) is 13.8. The number of rotatable bonds is 3. The number of thioether (sulfide) groups is 2. The van der Waals surface area contributed by atoms with Gasteiger partial charge in [0.2, 0.25) is 0 Å². The number of aromatic nitrogens is 1. The second kappa shape index (κ2) is 6.54. The van der Waals surface area contributed by atoms with Gasteiger partial charge in [-0.1, -0.05) is 17.8 Å². The molecule has 1 aliphatic heterocycles. The largest absolute Gasteiger partial charge is 0.493 e. The fourth-order valence-electron chi connectivity index (χ4n) is 2.14. The summed E-state index contributed by atoms with van der Waals surface area (Å²) in [6.45, 7) is 2.55. The molecular weight excluding hydrogens is 316 g/mol. The first-order valence-corrected chi connectivity index (χ1v) is 8.83. The number of hydrogen-bond donors (Lipinski definition) is 0. The third-order valence-corrected chi connectivity index (χ3v) is 5.07. The fraction of sp³-hybridized carbons (Fsp3) is 0.188. The Hall–Kier alpha value is -1.79. The molecule has 2 aromatic rings. The summed E-state index contributed by atoms with van der Waals surface area (Å²) in [6, 6.07) is 7.73. The topological polar surface area (TPSA) is 51.6 Å². The average Bonchev–Trinajstić information content (AvgIpc) is 2.88. The van der Waals surface area contributed by atoms with Crippen LogP contribution in [0.4, 0.5) is 0 Å². The van der Waals surface area contributed by atoms with Gasteiger partial charge in [0, 0.05) is 11.6 Å². The first-order valence-electron chi connectivity index (χ1n) is 6.79. The molecule has 0 spiro atoms. The van der Waals surface area contributed by atoms with Gasteiger partial charge < -0.3 is 4.74 Å². The molecule has 2 heterocycles. The summed E-state index contributed by atoms with van der Waals surface area (Å²) in [7, 11) is 0. The minimum atomic E-state index is -0.175. The molecule has 1 aliphatic rings. The van der Waals surface area contributed by atoms with Crippen molar-refractivity contribution < 1.29 is 9.53 Å². The summed E-state index contributed by atoms with van der Waals surface area (Å²) in [5, 5.41) is 0.945. The standard InChI is InChI=1S/C16H14N2O2S2/c1-3-20-13-6-7-17-12-5-4-10(8-11(12)13)9-14-15(19)18-16(21-2)22-14/h4-9H,3H2,1-2H3. The Balaban J connectivity index is 1.99. The molecule has 0 radical (unpaired) electrons. The van der Waals surface area contributed by atoms with Gasteiger partial charge in [-0.25, -0.2) is 0 Å². The Labute approximate surface area is 137 Å². The van der Waals surface area contributed by atoms with Crippen LogP contribution in [0.15, 0.2) is 40.4 Å². The van der Waals surface area contributed by atoms with Crippen LogP contribution in [-0.4, -0.2) is 28.1 Å². The van der Waals surface area contributed by atoms with Crippen LogP contribution in [0.2, 0.25) is 0 Å². The normalized spacial score (nSPS) is 16.4. The van der Waals surface area contributed by atoms with E-state index in [0.29, 0.717) is 11.5 Å². The molecule has 3 rings (SSSR count). The fourth-order valence-corrected chi connectivity index (χ4v) is 3.56. The zero-order chi connectivity index (χ0) is 15.5. The predicted octanol–water partition coefficient (Wildman–Crippen LogP) is 3.97. The van der Waals surface area contributed by atoms with Crippen molar-refractivity contribution in [1.82, 2.24) is 4.98 Å². The number of fused-ring (bicyclic) bond motifs is 1. The lowest BCUT2D eigenvalue weighted by Gasteiger charge is -2.07. The summed E-state index contributed by atoms with van der Waals surface area (Å²) in [4.78, 5) is 20.8. The summed E-state index contributed by atoms with van der Waals surface area (Å²) >= 11 is 2.89. The second-order valence-electron chi connectivity index (χ2n) is 4.52. The second-order valence-corrected chi connectivity index (χ2v) is 6.60. The van der Waals surface area contributed by atoms with Gasteiger partial charge in [-0.15, -0.1) is 11.8 Å². The van der Waals surface area contributed by atoms with Gasteiger partial charge >= 0.3 is 0 Å². The highest BCUT2D eigenvalue weighted by Crippen LogP contribution is 2.33. The minimum Gasteiger partial charge on any atom is -0.493 e. The molecule has 0 atom stereocenters. The lowest BCUT2D eigenvalue weighted by atomic mass is 10.1. The van der Waals surface area contributed by atoms with Crippen LogP contribution >= 0.6 is 23.5 Å². The number of benzene rings is 1. The molecule has 1 aromatic heterocycles. The van der Waals surface area contributed by atoms with Crippen LogP contribution in [0.5, 0.6) is 5.75 Å².